The standard InChI is InChI=1S/C20H24N6O3/c1-25(2)14-12-17(24-23-13-14)21-9-10-22-18(27)8-5-11-26-19(28)15-6-3-4-7-16(15)20(26)29/h3-4,6-7,12-13H,5,8-11H2,1-2H3,(H,21,24)(H,22,27). The summed E-state index contributed by atoms with van der Waals surface area (Å²) >= 11 is 0. The van der Waals surface area contributed by atoms with Crippen LogP contribution in [-0.2, 0) is 4.79 Å². The Hall–Kier alpha value is -3.49. The van der Waals surface area contributed by atoms with E-state index in [-0.39, 0.29) is 30.7 Å². The van der Waals surface area contributed by atoms with Crippen LogP contribution in [0.1, 0.15) is 33.6 Å². The van der Waals surface area contributed by atoms with Gasteiger partial charge in [0.05, 0.1) is 23.0 Å². The molecule has 9 nitrogen and oxygen atoms in total. The molecule has 1 aromatic carbocycles. The number of benzene rings is 1. The molecule has 2 heterocycles. The van der Waals surface area contributed by atoms with Crippen LogP contribution in [-0.4, -0.2) is 66.5 Å². The van der Waals surface area contributed by atoms with Crippen LogP contribution in [0.15, 0.2) is 36.5 Å². The maximum absolute atomic E-state index is 12.3. The van der Waals surface area contributed by atoms with E-state index in [0.717, 1.165) is 5.69 Å². The Labute approximate surface area is 169 Å². The average Bonchev–Trinajstić information content (AvgIpc) is 2.96. The van der Waals surface area contributed by atoms with Crippen molar-refractivity contribution in [3.05, 3.63) is 47.7 Å². The molecule has 0 aliphatic carbocycles. The van der Waals surface area contributed by atoms with Crippen molar-refractivity contribution in [3.63, 3.8) is 0 Å². The lowest BCUT2D eigenvalue weighted by Crippen LogP contribution is -2.33. The zero-order chi connectivity index (χ0) is 20.8. The normalized spacial score (nSPS) is 12.7. The Kier molecular flexibility index (Phi) is 6.38. The van der Waals surface area contributed by atoms with Crippen LogP contribution in [0, 0.1) is 0 Å². The van der Waals surface area contributed by atoms with E-state index in [1.807, 2.05) is 25.1 Å². The molecule has 0 saturated carbocycles. The molecule has 0 fully saturated rings. The van der Waals surface area contributed by atoms with Gasteiger partial charge in [0.15, 0.2) is 5.82 Å². The minimum absolute atomic E-state index is 0.128. The van der Waals surface area contributed by atoms with Crippen molar-refractivity contribution in [2.24, 2.45) is 0 Å². The number of hydrogen-bond acceptors (Lipinski definition) is 7. The van der Waals surface area contributed by atoms with Gasteiger partial charge in [-0.1, -0.05) is 12.1 Å². The van der Waals surface area contributed by atoms with Gasteiger partial charge in [0, 0.05) is 46.2 Å². The summed E-state index contributed by atoms with van der Waals surface area (Å²) in [5, 5.41) is 13.8. The predicted molar refractivity (Wildman–Crippen MR) is 109 cm³/mol. The maximum atomic E-state index is 12.3. The third-order valence-electron chi connectivity index (χ3n) is 4.57. The quantitative estimate of drug-likeness (QED) is 0.483. The van der Waals surface area contributed by atoms with Crippen molar-refractivity contribution in [2.75, 3.05) is 43.9 Å². The number of imide groups is 1. The van der Waals surface area contributed by atoms with Crippen molar-refractivity contribution in [1.29, 1.82) is 0 Å². The number of carbonyl (C=O) groups excluding carboxylic acids is 3. The molecule has 1 aliphatic heterocycles. The molecule has 9 heteroatoms. The molecule has 2 aromatic rings. The SMILES string of the molecule is CN(C)c1cnnc(NCCNC(=O)CCCN2C(=O)c3ccccc3C2=O)c1. The second-order valence-electron chi connectivity index (χ2n) is 6.88. The van der Waals surface area contributed by atoms with Gasteiger partial charge >= 0.3 is 0 Å². The van der Waals surface area contributed by atoms with Crippen LogP contribution in [0.25, 0.3) is 0 Å². The molecule has 1 aromatic heterocycles. The first-order valence-corrected chi connectivity index (χ1v) is 9.43. The molecular weight excluding hydrogens is 372 g/mol. The number of nitrogens with one attached hydrogen (secondary N) is 2. The first kappa shape index (κ1) is 20.2. The third kappa shape index (κ3) is 4.87. The zero-order valence-corrected chi connectivity index (χ0v) is 16.5. The minimum Gasteiger partial charge on any atom is -0.376 e. The van der Waals surface area contributed by atoms with E-state index in [0.29, 0.717) is 36.5 Å². The van der Waals surface area contributed by atoms with Crippen LogP contribution in [0.3, 0.4) is 0 Å². The fourth-order valence-electron chi connectivity index (χ4n) is 3.01. The third-order valence-corrected chi connectivity index (χ3v) is 4.57. The van der Waals surface area contributed by atoms with Gasteiger partial charge in [0.2, 0.25) is 5.91 Å². The van der Waals surface area contributed by atoms with E-state index in [9.17, 15) is 14.4 Å². The molecule has 0 unspecified atom stereocenters. The highest BCUT2D eigenvalue weighted by atomic mass is 16.2. The van der Waals surface area contributed by atoms with Crippen molar-refractivity contribution < 1.29 is 14.4 Å². The topological polar surface area (TPSA) is 108 Å². The van der Waals surface area contributed by atoms with E-state index in [1.54, 1.807) is 30.5 Å². The van der Waals surface area contributed by atoms with Gasteiger partial charge < -0.3 is 15.5 Å². The monoisotopic (exact) mass is 396 g/mol. The number of nitrogens with zero attached hydrogens (tertiary/aromatic N) is 4. The highest BCUT2D eigenvalue weighted by molar-refractivity contribution is 6.21. The van der Waals surface area contributed by atoms with Crippen molar-refractivity contribution in [1.82, 2.24) is 20.4 Å². The summed E-state index contributed by atoms with van der Waals surface area (Å²) in [7, 11) is 3.84. The maximum Gasteiger partial charge on any atom is 0.261 e. The van der Waals surface area contributed by atoms with Gasteiger partial charge in [-0.25, -0.2) is 0 Å². The molecule has 3 amide bonds. The lowest BCUT2D eigenvalue weighted by molar-refractivity contribution is -0.121. The summed E-state index contributed by atoms with van der Waals surface area (Å²) in [5.41, 5.74) is 1.78. The smallest absolute Gasteiger partial charge is 0.261 e. The number of fused-ring (bicyclic) bond motifs is 1. The lowest BCUT2D eigenvalue weighted by atomic mass is 10.1. The molecule has 0 spiro atoms. The number of anilines is 2. The summed E-state index contributed by atoms with van der Waals surface area (Å²) in [5.74, 6) is -0.0832. The van der Waals surface area contributed by atoms with Gasteiger partial charge in [-0.2, -0.15) is 5.10 Å². The second kappa shape index (κ2) is 9.13. The molecule has 0 radical (unpaired) electrons. The molecule has 29 heavy (non-hydrogen) atoms. The zero-order valence-electron chi connectivity index (χ0n) is 16.5. The summed E-state index contributed by atoms with van der Waals surface area (Å²) in [6.07, 6.45) is 2.33. The largest absolute Gasteiger partial charge is 0.376 e. The molecule has 3 rings (SSSR count). The molecule has 0 saturated heterocycles. The van der Waals surface area contributed by atoms with Crippen LogP contribution in [0.4, 0.5) is 11.5 Å². The van der Waals surface area contributed by atoms with E-state index >= 15 is 0 Å². The average molecular weight is 396 g/mol. The fraction of sp³-hybridized carbons (Fsp3) is 0.350. The molecular formula is C20H24N6O3. The molecule has 0 atom stereocenters. The fourth-order valence-corrected chi connectivity index (χ4v) is 3.01. The Bertz CT molecular complexity index is 880. The van der Waals surface area contributed by atoms with E-state index < -0.39 is 0 Å². The van der Waals surface area contributed by atoms with Gasteiger partial charge in [0.25, 0.3) is 11.8 Å². The molecule has 1 aliphatic rings. The Balaban J connectivity index is 1.35. The summed E-state index contributed by atoms with van der Waals surface area (Å²) in [6.45, 7) is 1.17. The van der Waals surface area contributed by atoms with Crippen molar-refractivity contribution in [2.45, 2.75) is 12.8 Å². The Morgan fingerprint density at radius 2 is 1.79 bits per heavy atom. The molecule has 0 bridgehead atoms. The first-order valence-electron chi connectivity index (χ1n) is 9.43. The van der Waals surface area contributed by atoms with Crippen LogP contribution in [0.5, 0.6) is 0 Å². The van der Waals surface area contributed by atoms with Gasteiger partial charge in [-0.05, 0) is 18.6 Å². The lowest BCUT2D eigenvalue weighted by Gasteiger charge is -2.14. The van der Waals surface area contributed by atoms with E-state index in [2.05, 4.69) is 20.8 Å². The number of rotatable bonds is 9. The molecule has 152 valence electrons. The number of carbonyl (C=O) groups is 3. The highest BCUT2D eigenvalue weighted by Crippen LogP contribution is 2.22. The van der Waals surface area contributed by atoms with Crippen LogP contribution >= 0.6 is 0 Å². The Morgan fingerprint density at radius 1 is 1.10 bits per heavy atom. The van der Waals surface area contributed by atoms with Crippen LogP contribution in [0.2, 0.25) is 0 Å². The van der Waals surface area contributed by atoms with Gasteiger partial charge in [-0.3, -0.25) is 19.3 Å². The minimum atomic E-state index is -0.295. The van der Waals surface area contributed by atoms with E-state index in [4.69, 9.17) is 0 Å². The molecule has 2 N–H and O–H groups in total. The first-order chi connectivity index (χ1) is 14.0. The Morgan fingerprint density at radius 3 is 2.45 bits per heavy atom. The van der Waals surface area contributed by atoms with Gasteiger partial charge in [-0.15, -0.1) is 5.10 Å². The number of hydrogen-bond donors (Lipinski definition) is 2. The number of amides is 3. The highest BCUT2D eigenvalue weighted by Gasteiger charge is 2.34. The van der Waals surface area contributed by atoms with Gasteiger partial charge in [0.1, 0.15) is 0 Å². The van der Waals surface area contributed by atoms with Crippen LogP contribution < -0.4 is 15.5 Å². The number of aromatic nitrogens is 2. The van der Waals surface area contributed by atoms with Crippen molar-refractivity contribution >= 4 is 29.2 Å². The second-order valence-corrected chi connectivity index (χ2v) is 6.88. The summed E-state index contributed by atoms with van der Waals surface area (Å²) in [4.78, 5) is 39.7. The van der Waals surface area contributed by atoms with Crippen molar-refractivity contribution in [3.8, 4) is 0 Å². The summed E-state index contributed by atoms with van der Waals surface area (Å²) < 4.78 is 0. The predicted octanol–water partition coefficient (Wildman–Crippen LogP) is 1.15. The summed E-state index contributed by atoms with van der Waals surface area (Å²) in [6, 6.07) is 8.63. The van der Waals surface area contributed by atoms with E-state index in [1.165, 1.54) is 4.90 Å².